The number of aromatic nitrogens is 1. The molecule has 0 spiro atoms. The molecule has 0 radical (unpaired) electrons. The van der Waals surface area contributed by atoms with Crippen molar-refractivity contribution in [1.29, 1.82) is 0 Å². The summed E-state index contributed by atoms with van der Waals surface area (Å²) in [5.41, 5.74) is 0.535. The molecule has 1 aromatic heterocycles. The molecule has 1 fully saturated rings. The van der Waals surface area contributed by atoms with Crippen molar-refractivity contribution >= 4 is 34.4 Å². The zero-order valence-electron chi connectivity index (χ0n) is 14.2. The normalized spacial score (nSPS) is 16.4. The van der Waals surface area contributed by atoms with E-state index in [1.165, 1.54) is 6.92 Å². The number of fused-ring (bicyclic) bond motifs is 1. The Morgan fingerprint density at radius 3 is 2.68 bits per heavy atom. The molecule has 0 bridgehead atoms. The number of carbonyl (C=O) groups is 2. The SMILES string of the molecule is CC(=O)NC1(C(=O)OCc2cc3ccccc3nc2Cl)CCCCC1. The zero-order chi connectivity index (χ0) is 17.9. The van der Waals surface area contributed by atoms with Crippen molar-refractivity contribution < 1.29 is 14.3 Å². The quantitative estimate of drug-likeness (QED) is 0.665. The molecular weight excluding hydrogens is 340 g/mol. The van der Waals surface area contributed by atoms with Crippen molar-refractivity contribution in [3.8, 4) is 0 Å². The van der Waals surface area contributed by atoms with Gasteiger partial charge in [-0.05, 0) is 25.0 Å². The molecule has 1 aliphatic rings. The van der Waals surface area contributed by atoms with Gasteiger partial charge >= 0.3 is 5.97 Å². The Morgan fingerprint density at radius 2 is 1.96 bits per heavy atom. The summed E-state index contributed by atoms with van der Waals surface area (Å²) in [5.74, 6) is -0.615. The van der Waals surface area contributed by atoms with Gasteiger partial charge in [-0.1, -0.05) is 49.1 Å². The van der Waals surface area contributed by atoms with Crippen LogP contribution in [0.3, 0.4) is 0 Å². The molecule has 5 nitrogen and oxygen atoms in total. The predicted octanol–water partition coefficient (Wildman–Crippen LogP) is 3.77. The number of para-hydroxylation sites is 1. The first-order valence-corrected chi connectivity index (χ1v) is 8.88. The highest BCUT2D eigenvalue weighted by Gasteiger charge is 2.41. The fourth-order valence-corrected chi connectivity index (χ4v) is 3.59. The third kappa shape index (κ3) is 3.93. The van der Waals surface area contributed by atoms with E-state index >= 15 is 0 Å². The third-order valence-electron chi connectivity index (χ3n) is 4.62. The number of rotatable bonds is 4. The molecule has 1 aromatic carbocycles. The second-order valence-electron chi connectivity index (χ2n) is 6.53. The van der Waals surface area contributed by atoms with Gasteiger partial charge in [-0.2, -0.15) is 0 Å². The number of ether oxygens (including phenoxy) is 1. The highest BCUT2D eigenvalue weighted by atomic mass is 35.5. The van der Waals surface area contributed by atoms with Crippen LogP contribution in [0.5, 0.6) is 0 Å². The second kappa shape index (κ2) is 7.40. The van der Waals surface area contributed by atoms with Crippen molar-refractivity contribution in [2.75, 3.05) is 0 Å². The van der Waals surface area contributed by atoms with E-state index < -0.39 is 11.5 Å². The van der Waals surface area contributed by atoms with E-state index in [0.717, 1.165) is 30.2 Å². The van der Waals surface area contributed by atoms with Crippen LogP contribution in [-0.2, 0) is 20.9 Å². The Hall–Kier alpha value is -2.14. The minimum absolute atomic E-state index is 0.0385. The molecule has 25 heavy (non-hydrogen) atoms. The lowest BCUT2D eigenvalue weighted by Gasteiger charge is -2.35. The number of benzene rings is 1. The lowest BCUT2D eigenvalue weighted by molar-refractivity contribution is -0.156. The number of esters is 1. The molecule has 2 aromatic rings. The molecule has 0 atom stereocenters. The first kappa shape index (κ1) is 17.7. The lowest BCUT2D eigenvalue weighted by atomic mass is 9.81. The molecule has 1 saturated carbocycles. The molecule has 0 saturated heterocycles. The van der Waals surface area contributed by atoms with Gasteiger partial charge in [-0.25, -0.2) is 9.78 Å². The Kier molecular flexibility index (Phi) is 5.23. The fraction of sp³-hybridized carbons (Fsp3) is 0.421. The predicted molar refractivity (Wildman–Crippen MR) is 96.2 cm³/mol. The van der Waals surface area contributed by atoms with E-state index in [4.69, 9.17) is 16.3 Å². The topological polar surface area (TPSA) is 68.3 Å². The van der Waals surface area contributed by atoms with E-state index in [0.29, 0.717) is 23.6 Å². The third-order valence-corrected chi connectivity index (χ3v) is 4.95. The van der Waals surface area contributed by atoms with Crippen LogP contribution in [0.2, 0.25) is 5.15 Å². The number of halogens is 1. The molecule has 132 valence electrons. The maximum Gasteiger partial charge on any atom is 0.332 e. The van der Waals surface area contributed by atoms with Crippen molar-refractivity contribution in [3.63, 3.8) is 0 Å². The maximum atomic E-state index is 12.7. The van der Waals surface area contributed by atoms with Gasteiger partial charge < -0.3 is 10.1 Å². The summed E-state index contributed by atoms with van der Waals surface area (Å²) >= 11 is 6.22. The van der Waals surface area contributed by atoms with Crippen LogP contribution in [0.15, 0.2) is 30.3 Å². The largest absolute Gasteiger partial charge is 0.459 e. The van der Waals surface area contributed by atoms with Gasteiger partial charge in [0.15, 0.2) is 0 Å². The van der Waals surface area contributed by atoms with Gasteiger partial charge in [-0.15, -0.1) is 0 Å². The Bertz CT molecular complexity index is 800. The standard InChI is InChI=1S/C19H21ClN2O3/c1-13(23)22-19(9-5-2-6-10-19)18(24)25-12-15-11-14-7-3-4-8-16(14)21-17(15)20/h3-4,7-8,11H,2,5-6,9-10,12H2,1H3,(H,22,23). The van der Waals surface area contributed by atoms with Gasteiger partial charge in [0, 0.05) is 17.9 Å². The monoisotopic (exact) mass is 360 g/mol. The molecule has 3 rings (SSSR count). The Labute approximate surface area is 151 Å². The van der Waals surface area contributed by atoms with Crippen molar-refractivity contribution in [3.05, 3.63) is 41.0 Å². The minimum atomic E-state index is -0.916. The van der Waals surface area contributed by atoms with Crippen LogP contribution < -0.4 is 5.32 Å². The van der Waals surface area contributed by atoms with Crippen molar-refractivity contribution in [2.45, 2.75) is 51.2 Å². The summed E-state index contributed by atoms with van der Waals surface area (Å²) in [4.78, 5) is 28.6. The van der Waals surface area contributed by atoms with Gasteiger partial charge in [0.2, 0.25) is 5.91 Å². The smallest absolute Gasteiger partial charge is 0.332 e. The van der Waals surface area contributed by atoms with Crippen LogP contribution in [0.1, 0.15) is 44.6 Å². The van der Waals surface area contributed by atoms with E-state index in [2.05, 4.69) is 10.3 Å². The summed E-state index contributed by atoms with van der Waals surface area (Å²) in [5, 5.41) is 4.07. The first-order chi connectivity index (χ1) is 12.0. The molecule has 0 unspecified atom stereocenters. The van der Waals surface area contributed by atoms with E-state index in [-0.39, 0.29) is 12.5 Å². The summed E-state index contributed by atoms with van der Waals surface area (Å²) in [6.07, 6.45) is 4.07. The number of hydrogen-bond acceptors (Lipinski definition) is 4. The van der Waals surface area contributed by atoms with Crippen LogP contribution in [0, 0.1) is 0 Å². The molecule has 1 N–H and O–H groups in total. The number of amides is 1. The minimum Gasteiger partial charge on any atom is -0.459 e. The number of pyridine rings is 1. The number of hydrogen-bond donors (Lipinski definition) is 1. The second-order valence-corrected chi connectivity index (χ2v) is 6.89. The molecule has 1 amide bonds. The fourth-order valence-electron chi connectivity index (χ4n) is 3.39. The lowest BCUT2D eigenvalue weighted by Crippen LogP contribution is -2.55. The first-order valence-electron chi connectivity index (χ1n) is 8.50. The highest BCUT2D eigenvalue weighted by Crippen LogP contribution is 2.30. The van der Waals surface area contributed by atoms with E-state index in [1.54, 1.807) is 0 Å². The van der Waals surface area contributed by atoms with E-state index in [9.17, 15) is 9.59 Å². The average Bonchev–Trinajstić information content (AvgIpc) is 2.59. The number of nitrogens with zero attached hydrogens (tertiary/aromatic N) is 1. The Balaban J connectivity index is 1.76. The van der Waals surface area contributed by atoms with Gasteiger partial charge in [0.1, 0.15) is 17.3 Å². The summed E-state index contributed by atoms with van der Waals surface area (Å²) < 4.78 is 5.52. The Morgan fingerprint density at radius 1 is 1.24 bits per heavy atom. The van der Waals surface area contributed by atoms with Crippen molar-refractivity contribution in [2.24, 2.45) is 0 Å². The van der Waals surface area contributed by atoms with Crippen LogP contribution >= 0.6 is 11.6 Å². The van der Waals surface area contributed by atoms with Gasteiger partial charge in [-0.3, -0.25) is 4.79 Å². The maximum absolute atomic E-state index is 12.7. The summed E-state index contributed by atoms with van der Waals surface area (Å²) in [7, 11) is 0. The zero-order valence-corrected chi connectivity index (χ0v) is 14.9. The molecule has 0 aliphatic heterocycles. The highest BCUT2D eigenvalue weighted by molar-refractivity contribution is 6.30. The van der Waals surface area contributed by atoms with E-state index in [1.807, 2.05) is 30.3 Å². The van der Waals surface area contributed by atoms with Crippen LogP contribution in [0.25, 0.3) is 10.9 Å². The van der Waals surface area contributed by atoms with Crippen LogP contribution in [-0.4, -0.2) is 22.4 Å². The average molecular weight is 361 g/mol. The van der Waals surface area contributed by atoms with Crippen molar-refractivity contribution in [1.82, 2.24) is 10.3 Å². The molecule has 1 heterocycles. The van der Waals surface area contributed by atoms with Gasteiger partial charge in [0.05, 0.1) is 5.52 Å². The van der Waals surface area contributed by atoms with Crippen LogP contribution in [0.4, 0.5) is 0 Å². The molecular formula is C19H21ClN2O3. The van der Waals surface area contributed by atoms with Gasteiger partial charge in [0.25, 0.3) is 0 Å². The summed E-state index contributed by atoms with van der Waals surface area (Å²) in [6.45, 7) is 1.46. The summed E-state index contributed by atoms with van der Waals surface area (Å²) in [6, 6.07) is 9.51. The molecule has 6 heteroatoms. The molecule has 1 aliphatic carbocycles. The number of nitrogens with one attached hydrogen (secondary N) is 1. The number of carbonyl (C=O) groups excluding carboxylic acids is 2.